The minimum atomic E-state index is -0.191. The zero-order valence-corrected chi connectivity index (χ0v) is 17.6. The van der Waals surface area contributed by atoms with Crippen molar-refractivity contribution in [3.63, 3.8) is 0 Å². The average Bonchev–Trinajstić information content (AvgIpc) is 3.35. The van der Waals surface area contributed by atoms with Crippen LogP contribution in [0, 0.1) is 5.92 Å². The topological polar surface area (TPSA) is 4.93 Å². The van der Waals surface area contributed by atoms with Gasteiger partial charge >= 0.3 is 0 Å². The summed E-state index contributed by atoms with van der Waals surface area (Å²) in [5.41, 5.74) is 9.56. The minimum absolute atomic E-state index is 0.191. The fraction of sp³-hybridized carbons (Fsp3) is 0.0968. The van der Waals surface area contributed by atoms with Crippen LogP contribution < -0.4 is 0 Å². The Bertz CT molecular complexity index is 1650. The molecule has 150 valence electrons. The summed E-state index contributed by atoms with van der Waals surface area (Å²) in [6.45, 7) is 0. The van der Waals surface area contributed by atoms with Crippen LogP contribution in [0.25, 0.3) is 27.5 Å². The number of para-hydroxylation sites is 3. The highest BCUT2D eigenvalue weighted by molar-refractivity contribution is 6.12. The van der Waals surface area contributed by atoms with Crippen molar-refractivity contribution in [2.75, 3.05) is 0 Å². The van der Waals surface area contributed by atoms with Crippen LogP contribution in [0.3, 0.4) is 0 Å². The Hall–Kier alpha value is -3.84. The molecule has 0 saturated heterocycles. The van der Waals surface area contributed by atoms with Crippen molar-refractivity contribution < 1.29 is 0 Å². The van der Waals surface area contributed by atoms with Gasteiger partial charge in [-0.3, -0.25) is 0 Å². The smallest absolute Gasteiger partial charge is 0.0585 e. The van der Waals surface area contributed by atoms with Crippen molar-refractivity contribution in [3.8, 4) is 5.69 Å². The van der Waals surface area contributed by atoms with Gasteiger partial charge in [0.2, 0.25) is 0 Å². The van der Waals surface area contributed by atoms with Crippen molar-refractivity contribution in [3.05, 3.63) is 138 Å². The third-order valence-electron chi connectivity index (χ3n) is 8.07. The Kier molecular flexibility index (Phi) is 2.99. The standard InChI is InChI=1S/C31H21N/c1-4-14-24-20(10-1)21-11-2-5-15-25(21)31(24)26-16-6-8-19-29(26)32-28-18-7-3-12-22(28)23-13-9-17-27(31)30(23)32/h1-20,24H. The Morgan fingerprint density at radius 2 is 1.31 bits per heavy atom. The van der Waals surface area contributed by atoms with Crippen LogP contribution in [0.15, 0.2) is 115 Å². The first kappa shape index (κ1) is 16.8. The quantitative estimate of drug-likeness (QED) is 0.254. The normalized spacial score (nSPS) is 24.1. The van der Waals surface area contributed by atoms with Crippen LogP contribution in [0.5, 0.6) is 0 Å². The maximum absolute atomic E-state index is 2.51. The summed E-state index contributed by atoms with van der Waals surface area (Å²) in [5, 5.41) is 2.68. The molecule has 0 bridgehead atoms. The van der Waals surface area contributed by atoms with E-state index in [4.69, 9.17) is 0 Å². The summed E-state index contributed by atoms with van der Waals surface area (Å²) in [6.07, 6.45) is 9.34. The molecule has 3 unspecified atom stereocenters. The maximum atomic E-state index is 2.51. The Balaban J connectivity index is 1.66. The lowest BCUT2D eigenvalue weighted by Crippen LogP contribution is -2.38. The number of nitrogens with zero attached hydrogens (tertiary/aromatic N) is 1. The molecular weight excluding hydrogens is 386 g/mol. The summed E-state index contributed by atoms with van der Waals surface area (Å²) in [4.78, 5) is 0. The Morgan fingerprint density at radius 3 is 2.28 bits per heavy atom. The molecule has 3 atom stereocenters. The van der Waals surface area contributed by atoms with E-state index in [2.05, 4.69) is 120 Å². The molecule has 0 amide bonds. The van der Waals surface area contributed by atoms with Gasteiger partial charge in [0.1, 0.15) is 0 Å². The van der Waals surface area contributed by atoms with Gasteiger partial charge in [-0.05, 0) is 34.4 Å². The average molecular weight is 408 g/mol. The van der Waals surface area contributed by atoms with Crippen LogP contribution in [-0.4, -0.2) is 4.57 Å². The molecule has 0 radical (unpaired) electrons. The first-order valence-corrected chi connectivity index (χ1v) is 11.5. The largest absolute Gasteiger partial charge is 0.309 e. The van der Waals surface area contributed by atoms with E-state index in [0.29, 0.717) is 11.8 Å². The summed E-state index contributed by atoms with van der Waals surface area (Å²) in [7, 11) is 0. The van der Waals surface area contributed by atoms with Gasteiger partial charge in [0.25, 0.3) is 0 Å². The van der Waals surface area contributed by atoms with Gasteiger partial charge < -0.3 is 4.57 Å². The SMILES string of the molecule is C1=CC2c3ccccc3C3(c4ccccc4-n4c5ccccc5c5cccc3c54)C2C=C1. The first-order chi connectivity index (χ1) is 15.9. The molecule has 5 aromatic rings. The van der Waals surface area contributed by atoms with Crippen LogP contribution in [0.2, 0.25) is 0 Å². The van der Waals surface area contributed by atoms with E-state index in [1.54, 1.807) is 0 Å². The summed E-state index contributed by atoms with van der Waals surface area (Å²) in [6, 6.07) is 34.1. The predicted molar refractivity (Wildman–Crippen MR) is 132 cm³/mol. The molecular formula is C31H21N. The molecule has 1 heteroatoms. The zero-order chi connectivity index (χ0) is 20.9. The lowest BCUT2D eigenvalue weighted by atomic mass is 9.61. The second-order valence-corrected chi connectivity index (χ2v) is 9.29. The van der Waals surface area contributed by atoms with Crippen molar-refractivity contribution in [1.82, 2.24) is 4.57 Å². The molecule has 1 nitrogen and oxygen atoms in total. The maximum Gasteiger partial charge on any atom is 0.0585 e. The van der Waals surface area contributed by atoms with Gasteiger partial charge in [0.15, 0.2) is 0 Å². The summed E-state index contributed by atoms with van der Waals surface area (Å²) < 4.78 is 2.51. The van der Waals surface area contributed by atoms with Crippen molar-refractivity contribution in [2.45, 2.75) is 11.3 Å². The van der Waals surface area contributed by atoms with Gasteiger partial charge in [0.05, 0.1) is 22.1 Å². The van der Waals surface area contributed by atoms with E-state index in [9.17, 15) is 0 Å². The molecule has 2 heterocycles. The molecule has 1 aliphatic heterocycles. The highest BCUT2D eigenvalue weighted by atomic mass is 15.0. The number of hydrogen-bond donors (Lipinski definition) is 0. The van der Waals surface area contributed by atoms with E-state index in [1.807, 2.05) is 0 Å². The van der Waals surface area contributed by atoms with Crippen molar-refractivity contribution in [2.24, 2.45) is 5.92 Å². The first-order valence-electron chi connectivity index (χ1n) is 11.5. The highest BCUT2D eigenvalue weighted by Crippen LogP contribution is 2.63. The van der Waals surface area contributed by atoms with Crippen molar-refractivity contribution >= 4 is 21.8 Å². The molecule has 8 rings (SSSR count). The second kappa shape index (κ2) is 5.69. The molecule has 1 aromatic heterocycles. The van der Waals surface area contributed by atoms with Gasteiger partial charge in [0, 0.05) is 22.6 Å². The van der Waals surface area contributed by atoms with Gasteiger partial charge in [-0.25, -0.2) is 0 Å². The van der Waals surface area contributed by atoms with Crippen LogP contribution >= 0.6 is 0 Å². The van der Waals surface area contributed by atoms with E-state index < -0.39 is 0 Å². The minimum Gasteiger partial charge on any atom is -0.309 e. The Labute approximate surface area is 186 Å². The molecule has 0 saturated carbocycles. The fourth-order valence-corrected chi connectivity index (χ4v) is 7.03. The van der Waals surface area contributed by atoms with Crippen molar-refractivity contribution in [1.29, 1.82) is 0 Å². The van der Waals surface area contributed by atoms with Gasteiger partial charge in [-0.15, -0.1) is 0 Å². The number of hydrogen-bond acceptors (Lipinski definition) is 0. The highest BCUT2D eigenvalue weighted by Gasteiger charge is 2.56. The lowest BCUT2D eigenvalue weighted by molar-refractivity contribution is 0.454. The molecule has 2 aliphatic carbocycles. The van der Waals surface area contributed by atoms with E-state index in [0.717, 1.165) is 0 Å². The number of allylic oxidation sites excluding steroid dienone is 4. The van der Waals surface area contributed by atoms with E-state index in [1.165, 1.54) is 49.7 Å². The Morgan fingerprint density at radius 1 is 0.594 bits per heavy atom. The molecule has 0 N–H and O–H groups in total. The van der Waals surface area contributed by atoms with Gasteiger partial charge in [-0.2, -0.15) is 0 Å². The van der Waals surface area contributed by atoms with E-state index in [-0.39, 0.29) is 5.41 Å². The molecule has 0 fully saturated rings. The molecule has 1 spiro atoms. The predicted octanol–water partition coefficient (Wildman–Crippen LogP) is 7.27. The summed E-state index contributed by atoms with van der Waals surface area (Å²) in [5.74, 6) is 0.763. The number of benzene rings is 4. The van der Waals surface area contributed by atoms with E-state index >= 15 is 0 Å². The molecule has 4 aromatic carbocycles. The lowest BCUT2D eigenvalue weighted by Gasteiger charge is -2.43. The van der Waals surface area contributed by atoms with Crippen LogP contribution in [0.1, 0.15) is 28.2 Å². The molecule has 3 aliphatic rings. The number of rotatable bonds is 0. The third kappa shape index (κ3) is 1.72. The number of fused-ring (bicyclic) bond motifs is 12. The van der Waals surface area contributed by atoms with Crippen LogP contribution in [0.4, 0.5) is 0 Å². The van der Waals surface area contributed by atoms with Crippen LogP contribution in [-0.2, 0) is 5.41 Å². The zero-order valence-electron chi connectivity index (χ0n) is 17.6. The van der Waals surface area contributed by atoms with Gasteiger partial charge in [-0.1, -0.05) is 103 Å². The monoisotopic (exact) mass is 407 g/mol. The third-order valence-corrected chi connectivity index (χ3v) is 8.07. The second-order valence-electron chi connectivity index (χ2n) is 9.29. The number of aromatic nitrogens is 1. The fourth-order valence-electron chi connectivity index (χ4n) is 7.03. The molecule has 32 heavy (non-hydrogen) atoms. The summed E-state index contributed by atoms with van der Waals surface area (Å²) >= 11 is 0.